The predicted molar refractivity (Wildman–Crippen MR) is 95.7 cm³/mol. The fourth-order valence-corrected chi connectivity index (χ4v) is 3.58. The Labute approximate surface area is 144 Å². The topological polar surface area (TPSA) is 59.4 Å². The molecule has 1 atom stereocenters. The monoisotopic (exact) mass is 339 g/mol. The summed E-state index contributed by atoms with van der Waals surface area (Å²) >= 11 is 1.24. The summed E-state index contributed by atoms with van der Waals surface area (Å²) in [4.78, 5) is 16.3. The molecule has 0 aliphatic carbocycles. The molecule has 122 valence electrons. The van der Waals surface area contributed by atoms with Crippen LogP contribution in [0.4, 0.5) is 0 Å². The van der Waals surface area contributed by atoms with E-state index in [1.54, 1.807) is 7.11 Å². The summed E-state index contributed by atoms with van der Waals surface area (Å²) in [7, 11) is 1.61. The standard InChI is InChI=1S/C19H17NO3S/c1-12-10-17(20-16-11-14(23-2)8-9-15(12)16)24-18(19(21)22)13-6-4-3-5-7-13/h3-11,18H,1-2H3,(H,21,22)/t18-/m1/s1. The number of hydrogen-bond donors (Lipinski definition) is 1. The Balaban J connectivity index is 2.00. The fraction of sp³-hybridized carbons (Fsp3) is 0.158. The Morgan fingerprint density at radius 1 is 1.17 bits per heavy atom. The molecule has 1 N–H and O–H groups in total. The third-order valence-corrected chi connectivity index (χ3v) is 4.93. The second-order valence-electron chi connectivity index (χ2n) is 5.41. The van der Waals surface area contributed by atoms with Gasteiger partial charge in [0.05, 0.1) is 17.7 Å². The minimum atomic E-state index is -0.878. The van der Waals surface area contributed by atoms with Crippen molar-refractivity contribution >= 4 is 28.6 Å². The SMILES string of the molecule is COc1ccc2c(C)cc(S[C@@H](C(=O)O)c3ccccc3)nc2c1. The molecule has 5 heteroatoms. The van der Waals surface area contributed by atoms with E-state index >= 15 is 0 Å². The largest absolute Gasteiger partial charge is 0.497 e. The maximum Gasteiger partial charge on any atom is 0.321 e. The number of carboxylic acids is 1. The molecule has 24 heavy (non-hydrogen) atoms. The number of carboxylic acid groups (broad SMARTS) is 1. The predicted octanol–water partition coefficient (Wildman–Crippen LogP) is 4.47. The zero-order valence-corrected chi connectivity index (χ0v) is 14.2. The molecular formula is C19H17NO3S. The molecule has 0 bridgehead atoms. The number of thioether (sulfide) groups is 1. The average Bonchev–Trinajstić information content (AvgIpc) is 2.59. The lowest BCUT2D eigenvalue weighted by molar-refractivity contribution is -0.136. The fourth-order valence-electron chi connectivity index (χ4n) is 2.55. The number of aryl methyl sites for hydroxylation is 1. The van der Waals surface area contributed by atoms with Crippen LogP contribution in [0.1, 0.15) is 16.4 Å². The molecule has 0 fully saturated rings. The van der Waals surface area contributed by atoms with Gasteiger partial charge in [-0.3, -0.25) is 4.79 Å². The average molecular weight is 339 g/mol. The molecule has 2 aromatic carbocycles. The highest BCUT2D eigenvalue weighted by molar-refractivity contribution is 8.00. The Hall–Kier alpha value is -2.53. The number of aliphatic carboxylic acids is 1. The summed E-state index contributed by atoms with van der Waals surface area (Å²) in [5.74, 6) is -0.147. The lowest BCUT2D eigenvalue weighted by Crippen LogP contribution is -2.08. The molecule has 1 heterocycles. The van der Waals surface area contributed by atoms with Gasteiger partial charge in [-0.2, -0.15) is 0 Å². The summed E-state index contributed by atoms with van der Waals surface area (Å²) in [6, 6.07) is 16.9. The highest BCUT2D eigenvalue weighted by Gasteiger charge is 2.22. The molecular weight excluding hydrogens is 322 g/mol. The van der Waals surface area contributed by atoms with Crippen molar-refractivity contribution in [2.45, 2.75) is 17.2 Å². The van der Waals surface area contributed by atoms with E-state index in [4.69, 9.17) is 4.74 Å². The summed E-state index contributed by atoms with van der Waals surface area (Å²) in [5, 5.41) is 10.6. The van der Waals surface area contributed by atoms with Gasteiger partial charge in [-0.1, -0.05) is 42.1 Å². The summed E-state index contributed by atoms with van der Waals surface area (Å²) in [6.07, 6.45) is 0. The number of ether oxygens (including phenoxy) is 1. The molecule has 0 saturated carbocycles. The van der Waals surface area contributed by atoms with Crippen LogP contribution in [0.3, 0.4) is 0 Å². The van der Waals surface area contributed by atoms with Gasteiger partial charge in [0.25, 0.3) is 0 Å². The number of nitrogens with zero attached hydrogens (tertiary/aromatic N) is 1. The van der Waals surface area contributed by atoms with Crippen molar-refractivity contribution < 1.29 is 14.6 Å². The van der Waals surface area contributed by atoms with Gasteiger partial charge in [-0.25, -0.2) is 4.98 Å². The molecule has 0 saturated heterocycles. The molecule has 0 aliphatic heterocycles. The van der Waals surface area contributed by atoms with E-state index in [0.29, 0.717) is 5.03 Å². The van der Waals surface area contributed by atoms with E-state index in [0.717, 1.165) is 27.8 Å². The number of aromatic nitrogens is 1. The number of pyridine rings is 1. The molecule has 0 radical (unpaired) electrons. The number of carbonyl (C=O) groups is 1. The van der Waals surface area contributed by atoms with Gasteiger partial charge < -0.3 is 9.84 Å². The third-order valence-electron chi connectivity index (χ3n) is 3.77. The summed E-state index contributed by atoms with van der Waals surface area (Å²) in [5.41, 5.74) is 2.61. The molecule has 4 nitrogen and oxygen atoms in total. The first kappa shape index (κ1) is 16.3. The lowest BCUT2D eigenvalue weighted by atomic mass is 10.1. The van der Waals surface area contributed by atoms with Crippen molar-refractivity contribution in [3.05, 3.63) is 65.7 Å². The van der Waals surface area contributed by atoms with Crippen molar-refractivity contribution in [2.24, 2.45) is 0 Å². The molecule has 3 rings (SSSR count). The number of methoxy groups -OCH3 is 1. The number of benzene rings is 2. The Bertz CT molecular complexity index is 880. The molecule has 3 aromatic rings. The van der Waals surface area contributed by atoms with Gasteiger partial charge in [-0.15, -0.1) is 0 Å². The first-order valence-electron chi connectivity index (χ1n) is 7.48. The van der Waals surface area contributed by atoms with E-state index < -0.39 is 11.2 Å². The maximum atomic E-state index is 11.7. The van der Waals surface area contributed by atoms with Gasteiger partial charge in [0, 0.05) is 11.5 Å². The van der Waals surface area contributed by atoms with Crippen LogP contribution < -0.4 is 4.74 Å². The number of rotatable bonds is 5. The van der Waals surface area contributed by atoms with Crippen LogP contribution in [0.5, 0.6) is 5.75 Å². The minimum absolute atomic E-state index is 0.685. The van der Waals surface area contributed by atoms with E-state index in [-0.39, 0.29) is 0 Å². The van der Waals surface area contributed by atoms with Crippen molar-refractivity contribution in [3.8, 4) is 5.75 Å². The Kier molecular flexibility index (Phi) is 4.71. The minimum Gasteiger partial charge on any atom is -0.497 e. The van der Waals surface area contributed by atoms with Crippen molar-refractivity contribution in [3.63, 3.8) is 0 Å². The summed E-state index contributed by atoms with van der Waals surface area (Å²) in [6.45, 7) is 2.00. The molecule has 0 spiro atoms. The second-order valence-corrected chi connectivity index (χ2v) is 6.53. The van der Waals surface area contributed by atoms with Crippen LogP contribution in [0.2, 0.25) is 0 Å². The maximum absolute atomic E-state index is 11.7. The van der Waals surface area contributed by atoms with Crippen LogP contribution in [0.15, 0.2) is 59.6 Å². The van der Waals surface area contributed by atoms with Gasteiger partial charge >= 0.3 is 5.97 Å². The normalized spacial score (nSPS) is 12.1. The van der Waals surface area contributed by atoms with Crippen LogP contribution in [0, 0.1) is 6.92 Å². The van der Waals surface area contributed by atoms with Crippen LogP contribution in [-0.2, 0) is 4.79 Å². The van der Waals surface area contributed by atoms with Gasteiger partial charge in [0.2, 0.25) is 0 Å². The Morgan fingerprint density at radius 3 is 2.58 bits per heavy atom. The van der Waals surface area contributed by atoms with Gasteiger partial charge in [0.15, 0.2) is 0 Å². The third kappa shape index (κ3) is 3.36. The highest BCUT2D eigenvalue weighted by atomic mass is 32.2. The van der Waals surface area contributed by atoms with E-state index in [2.05, 4.69) is 4.98 Å². The van der Waals surface area contributed by atoms with E-state index in [9.17, 15) is 9.90 Å². The van der Waals surface area contributed by atoms with Gasteiger partial charge in [-0.05, 0) is 36.2 Å². The lowest BCUT2D eigenvalue weighted by Gasteiger charge is -2.13. The van der Waals surface area contributed by atoms with Crippen molar-refractivity contribution in [1.29, 1.82) is 0 Å². The zero-order valence-electron chi connectivity index (χ0n) is 13.4. The van der Waals surface area contributed by atoms with Crippen molar-refractivity contribution in [2.75, 3.05) is 7.11 Å². The highest BCUT2D eigenvalue weighted by Crippen LogP contribution is 2.36. The van der Waals surface area contributed by atoms with E-state index in [1.165, 1.54) is 11.8 Å². The van der Waals surface area contributed by atoms with Crippen LogP contribution >= 0.6 is 11.8 Å². The molecule has 0 unspecified atom stereocenters. The molecule has 0 aliphatic rings. The number of fused-ring (bicyclic) bond motifs is 1. The van der Waals surface area contributed by atoms with E-state index in [1.807, 2.05) is 61.5 Å². The molecule has 0 amide bonds. The first-order chi connectivity index (χ1) is 11.6. The van der Waals surface area contributed by atoms with Gasteiger partial charge in [0.1, 0.15) is 11.0 Å². The second kappa shape index (κ2) is 6.93. The quantitative estimate of drug-likeness (QED) is 0.695. The van der Waals surface area contributed by atoms with Crippen molar-refractivity contribution in [1.82, 2.24) is 4.98 Å². The van der Waals surface area contributed by atoms with Crippen LogP contribution in [0.25, 0.3) is 10.9 Å². The van der Waals surface area contributed by atoms with Crippen LogP contribution in [-0.4, -0.2) is 23.2 Å². The summed E-state index contributed by atoms with van der Waals surface area (Å²) < 4.78 is 5.25. The number of hydrogen-bond acceptors (Lipinski definition) is 4. The smallest absolute Gasteiger partial charge is 0.321 e. The molecule has 1 aromatic heterocycles. The zero-order chi connectivity index (χ0) is 17.1. The Morgan fingerprint density at radius 2 is 1.92 bits per heavy atom. The first-order valence-corrected chi connectivity index (χ1v) is 8.36.